The molecule has 1 unspecified atom stereocenters. The number of nitrogens with one attached hydrogen (secondary N) is 3. The highest BCUT2D eigenvalue weighted by Gasteiger charge is 2.43. The van der Waals surface area contributed by atoms with Crippen molar-refractivity contribution in [3.63, 3.8) is 0 Å². The Kier molecular flexibility index (Phi) is 6.92. The van der Waals surface area contributed by atoms with Crippen LogP contribution in [0.25, 0.3) is 22.2 Å². The number of fused-ring (bicyclic) bond motifs is 3. The number of pyridine rings is 1. The molecular formula is C31H43N7O2. The molecule has 1 aromatic carbocycles. The van der Waals surface area contributed by atoms with Crippen molar-refractivity contribution in [2.75, 3.05) is 26.0 Å². The van der Waals surface area contributed by atoms with Crippen LogP contribution < -0.4 is 10.6 Å². The summed E-state index contributed by atoms with van der Waals surface area (Å²) in [7, 11) is 4.13. The lowest BCUT2D eigenvalue weighted by molar-refractivity contribution is 0.0909. The van der Waals surface area contributed by atoms with E-state index in [1.807, 2.05) is 35.3 Å². The second-order valence-electron chi connectivity index (χ2n) is 11.5. The van der Waals surface area contributed by atoms with Gasteiger partial charge in [0.1, 0.15) is 5.65 Å². The number of hydrogen-bond acceptors (Lipinski definition) is 5. The molecular weight excluding hydrogens is 502 g/mol. The number of nitrogens with zero attached hydrogens (tertiary/aromatic N) is 4. The van der Waals surface area contributed by atoms with E-state index in [-0.39, 0.29) is 27.7 Å². The fourth-order valence-corrected chi connectivity index (χ4v) is 6.31. The lowest BCUT2D eigenvalue weighted by Gasteiger charge is -2.34. The molecule has 4 heterocycles. The Labute approximate surface area is 238 Å². The van der Waals surface area contributed by atoms with Crippen molar-refractivity contribution in [3.8, 4) is 11.1 Å². The first-order chi connectivity index (χ1) is 19.4. The summed E-state index contributed by atoms with van der Waals surface area (Å²) >= 11 is 0. The zero-order chi connectivity index (χ0) is 27.9. The standard InChI is InChI=1S/C31H37N7O2.3H2/c1-4-23(10-13-37(2)3)38-19-22(17-34-38)35-29(39)21-14-25-26(18-33-28(25)32-16-21)20-8-9-24-27(15-20)31(36-30(24)40)11-6-5-7-12-31;;;/h8-9,14-19,23H,4-7,10-13H2,1-3H3,(H,32,33)(H,35,39)(H,36,40);3*1H. The van der Waals surface area contributed by atoms with E-state index in [0.717, 1.165) is 72.7 Å². The van der Waals surface area contributed by atoms with Crippen LogP contribution in [0.15, 0.2) is 49.1 Å². The van der Waals surface area contributed by atoms with E-state index in [1.165, 1.54) is 6.42 Å². The molecule has 9 heteroatoms. The number of hydrogen-bond donors (Lipinski definition) is 3. The minimum absolute atomic E-state index is 0. The first-order valence-electron chi connectivity index (χ1n) is 14.3. The minimum Gasteiger partial charge on any atom is -0.346 e. The monoisotopic (exact) mass is 545 g/mol. The highest BCUT2D eigenvalue weighted by Crippen LogP contribution is 2.44. The molecule has 3 aromatic heterocycles. The summed E-state index contributed by atoms with van der Waals surface area (Å²) in [5.41, 5.74) is 5.44. The van der Waals surface area contributed by atoms with Gasteiger partial charge in [-0.05, 0) is 75.6 Å². The summed E-state index contributed by atoms with van der Waals surface area (Å²) in [6.07, 6.45) is 14.5. The van der Waals surface area contributed by atoms with Gasteiger partial charge >= 0.3 is 0 Å². The molecule has 3 N–H and O–H groups in total. The predicted octanol–water partition coefficient (Wildman–Crippen LogP) is 6.22. The summed E-state index contributed by atoms with van der Waals surface area (Å²) in [5, 5.41) is 11.7. The first-order valence-corrected chi connectivity index (χ1v) is 14.3. The van der Waals surface area contributed by atoms with Gasteiger partial charge in [0.25, 0.3) is 11.8 Å². The SMILES string of the molecule is CCC(CCN(C)C)n1cc(NC(=O)c2cnc3[nH]cc(-c4ccc5c(c4)C4(CCCCC4)NC5=O)c3c2)cn1.[HH].[HH].[HH]. The number of aromatic amines is 1. The molecule has 0 radical (unpaired) electrons. The Morgan fingerprint density at radius 2 is 2.00 bits per heavy atom. The zero-order valence-corrected chi connectivity index (χ0v) is 23.5. The highest BCUT2D eigenvalue weighted by atomic mass is 16.2. The van der Waals surface area contributed by atoms with Crippen LogP contribution in [0.5, 0.6) is 0 Å². The van der Waals surface area contributed by atoms with E-state index in [4.69, 9.17) is 0 Å². The van der Waals surface area contributed by atoms with Crippen LogP contribution in [-0.2, 0) is 5.54 Å². The Balaban J connectivity index is 0.00000169. The summed E-state index contributed by atoms with van der Waals surface area (Å²) in [4.78, 5) is 35.9. The van der Waals surface area contributed by atoms with Gasteiger partial charge in [-0.25, -0.2) is 4.98 Å². The lowest BCUT2D eigenvalue weighted by atomic mass is 9.77. The molecule has 6 rings (SSSR count). The number of benzene rings is 1. The van der Waals surface area contributed by atoms with E-state index < -0.39 is 0 Å². The van der Waals surface area contributed by atoms with Gasteiger partial charge in [-0.3, -0.25) is 14.3 Å². The number of anilines is 1. The van der Waals surface area contributed by atoms with E-state index in [9.17, 15) is 9.59 Å². The van der Waals surface area contributed by atoms with Crippen molar-refractivity contribution < 1.29 is 13.9 Å². The summed E-state index contributed by atoms with van der Waals surface area (Å²) in [6, 6.07) is 8.24. The molecule has 1 aliphatic heterocycles. The molecule has 0 bridgehead atoms. The van der Waals surface area contributed by atoms with E-state index in [1.54, 1.807) is 12.4 Å². The lowest BCUT2D eigenvalue weighted by Crippen LogP contribution is -2.40. The fraction of sp³-hybridized carbons (Fsp3) is 0.419. The van der Waals surface area contributed by atoms with Crippen LogP contribution in [0.1, 0.15) is 88.5 Å². The maximum Gasteiger partial charge on any atom is 0.257 e. The number of rotatable bonds is 8. The topological polar surface area (TPSA) is 108 Å². The Hall–Kier alpha value is -3.98. The molecule has 4 aromatic rings. The van der Waals surface area contributed by atoms with E-state index >= 15 is 0 Å². The Morgan fingerprint density at radius 1 is 1.18 bits per heavy atom. The van der Waals surface area contributed by atoms with Gasteiger partial charge in [0.15, 0.2) is 0 Å². The summed E-state index contributed by atoms with van der Waals surface area (Å²) in [5.74, 6) is -0.207. The summed E-state index contributed by atoms with van der Waals surface area (Å²) in [6.45, 7) is 3.13. The van der Waals surface area contributed by atoms with Crippen molar-refractivity contribution in [1.29, 1.82) is 0 Å². The predicted molar refractivity (Wildman–Crippen MR) is 163 cm³/mol. The number of aromatic nitrogens is 4. The molecule has 9 nitrogen and oxygen atoms in total. The van der Waals surface area contributed by atoms with Gasteiger partial charge in [-0.2, -0.15) is 5.10 Å². The fourth-order valence-electron chi connectivity index (χ4n) is 6.31. The number of amides is 2. The van der Waals surface area contributed by atoms with Gasteiger partial charge in [0, 0.05) is 39.4 Å². The number of carbonyl (C=O) groups is 2. The van der Waals surface area contributed by atoms with Crippen LogP contribution in [0.2, 0.25) is 0 Å². The normalized spacial score (nSPS) is 16.9. The Morgan fingerprint density at radius 3 is 2.77 bits per heavy atom. The van der Waals surface area contributed by atoms with Crippen LogP contribution in [0.3, 0.4) is 0 Å². The molecule has 40 heavy (non-hydrogen) atoms. The highest BCUT2D eigenvalue weighted by molar-refractivity contribution is 6.07. The van der Waals surface area contributed by atoms with Gasteiger partial charge in [-0.15, -0.1) is 0 Å². The molecule has 1 spiro atoms. The van der Waals surface area contributed by atoms with Crippen molar-refractivity contribution >= 4 is 28.5 Å². The average Bonchev–Trinajstić information content (AvgIpc) is 3.66. The van der Waals surface area contributed by atoms with Crippen molar-refractivity contribution in [2.24, 2.45) is 0 Å². The van der Waals surface area contributed by atoms with Crippen molar-refractivity contribution in [1.82, 2.24) is 30.0 Å². The molecule has 1 fully saturated rings. The van der Waals surface area contributed by atoms with Crippen LogP contribution in [-0.4, -0.2) is 57.1 Å². The van der Waals surface area contributed by atoms with Gasteiger partial charge in [0.05, 0.1) is 29.0 Å². The third-order valence-electron chi connectivity index (χ3n) is 8.56. The third-order valence-corrected chi connectivity index (χ3v) is 8.56. The van der Waals surface area contributed by atoms with Crippen LogP contribution >= 0.6 is 0 Å². The average molecular weight is 546 g/mol. The molecule has 214 valence electrons. The molecule has 1 saturated carbocycles. The molecule has 0 saturated heterocycles. The first kappa shape index (κ1) is 26.3. The molecule has 1 aliphatic carbocycles. The zero-order valence-electron chi connectivity index (χ0n) is 23.5. The van der Waals surface area contributed by atoms with E-state index in [0.29, 0.717) is 16.9 Å². The van der Waals surface area contributed by atoms with Crippen LogP contribution in [0, 0.1) is 0 Å². The smallest absolute Gasteiger partial charge is 0.257 e. The van der Waals surface area contributed by atoms with Gasteiger partial charge in [0.2, 0.25) is 0 Å². The summed E-state index contributed by atoms with van der Waals surface area (Å²) < 4.78 is 1.94. The third kappa shape index (κ3) is 4.79. The molecule has 1 atom stereocenters. The van der Waals surface area contributed by atoms with E-state index in [2.05, 4.69) is 57.7 Å². The second-order valence-corrected chi connectivity index (χ2v) is 11.5. The minimum atomic E-state index is -0.260. The number of carbonyl (C=O) groups excluding carboxylic acids is 2. The largest absolute Gasteiger partial charge is 0.346 e. The van der Waals surface area contributed by atoms with Crippen LogP contribution in [0.4, 0.5) is 5.69 Å². The molecule has 2 amide bonds. The van der Waals surface area contributed by atoms with Crippen molar-refractivity contribution in [2.45, 2.75) is 63.5 Å². The maximum absolute atomic E-state index is 13.2. The molecule has 2 aliphatic rings. The maximum atomic E-state index is 13.2. The van der Waals surface area contributed by atoms with Crippen molar-refractivity contribution in [3.05, 3.63) is 65.7 Å². The van der Waals surface area contributed by atoms with Gasteiger partial charge in [-0.1, -0.05) is 32.3 Å². The number of H-pyrrole nitrogens is 1. The Bertz CT molecular complexity index is 1580. The second kappa shape index (κ2) is 10.5. The quantitative estimate of drug-likeness (QED) is 0.244. The van der Waals surface area contributed by atoms with Gasteiger partial charge < -0.3 is 20.5 Å².